The van der Waals surface area contributed by atoms with Crippen LogP contribution in [0, 0.1) is 11.3 Å². The van der Waals surface area contributed by atoms with Crippen molar-refractivity contribution in [3.63, 3.8) is 0 Å². The summed E-state index contributed by atoms with van der Waals surface area (Å²) in [5.74, 6) is 0.870. The fraction of sp³-hybridized carbons (Fsp3) is 0.696. The molecule has 1 aliphatic heterocycles. The topological polar surface area (TPSA) is 3.01 Å². The monoisotopic (exact) mass is 326 g/mol. The van der Waals surface area contributed by atoms with Crippen molar-refractivity contribution in [2.45, 2.75) is 91.5 Å². The van der Waals surface area contributed by atoms with Crippen LogP contribution >= 0.6 is 0 Å². The molecule has 1 nitrogen and oxygen atoms in total. The Labute approximate surface area is 149 Å². The first-order valence-corrected chi connectivity index (χ1v) is 10.2. The molecule has 3 rings (SSSR count). The maximum atomic E-state index is 2.67. The molecule has 1 heterocycles. The Bertz CT molecular complexity index is 597. The molecule has 1 heteroatoms. The summed E-state index contributed by atoms with van der Waals surface area (Å²) in [5, 5.41) is 0. The molecule has 0 amide bonds. The number of nitrogens with zero attached hydrogens (tertiary/aromatic N) is 1. The molecule has 0 aromatic heterocycles. The van der Waals surface area contributed by atoms with Gasteiger partial charge >= 0.3 is 0 Å². The van der Waals surface area contributed by atoms with Gasteiger partial charge in [-0.05, 0) is 38.5 Å². The predicted molar refractivity (Wildman–Crippen MR) is 105 cm³/mol. The van der Waals surface area contributed by atoms with Crippen LogP contribution in [0.25, 0.3) is 0 Å². The quantitative estimate of drug-likeness (QED) is 0.572. The van der Waals surface area contributed by atoms with Gasteiger partial charge in [0.15, 0.2) is 11.8 Å². The minimum absolute atomic E-state index is 0.210. The number of para-hydroxylation sites is 1. The molecule has 2 aliphatic rings. The molecule has 0 bridgehead atoms. The van der Waals surface area contributed by atoms with Gasteiger partial charge < -0.3 is 0 Å². The maximum absolute atomic E-state index is 2.67. The summed E-state index contributed by atoms with van der Waals surface area (Å²) in [6, 6.07) is 6.90. The first-order valence-electron chi connectivity index (χ1n) is 10.2. The van der Waals surface area contributed by atoms with E-state index in [2.05, 4.69) is 63.6 Å². The summed E-state index contributed by atoms with van der Waals surface area (Å²) >= 11 is 0. The van der Waals surface area contributed by atoms with Gasteiger partial charge in [0, 0.05) is 31.4 Å². The molecule has 0 saturated heterocycles. The lowest BCUT2D eigenvalue weighted by atomic mass is 9.67. The van der Waals surface area contributed by atoms with Crippen LogP contribution in [0.5, 0.6) is 0 Å². The lowest BCUT2D eigenvalue weighted by Gasteiger charge is -2.33. The molecular formula is C23H36N+. The summed E-state index contributed by atoms with van der Waals surface area (Å²) in [6.45, 7) is 12.0. The summed E-state index contributed by atoms with van der Waals surface area (Å²) in [7, 11) is 0. The van der Waals surface area contributed by atoms with Crippen LogP contribution in [-0.4, -0.2) is 16.3 Å². The molecule has 1 atom stereocenters. The molecule has 24 heavy (non-hydrogen) atoms. The smallest absolute Gasteiger partial charge is 0.197 e. The van der Waals surface area contributed by atoms with Crippen LogP contribution in [0.15, 0.2) is 18.2 Å². The standard InChI is InChI=1S/C23H36N/c1-6-18-12-11-13-19(7-2)21(18)24-17-23(5,16-22(24,3)4)20-14-9-8-10-15-20/h11-13,17,20H,6-10,14-16H2,1-5H3/q+1/t23-/m0/s1. The largest absolute Gasteiger partial charge is 0.211 e. The van der Waals surface area contributed by atoms with Gasteiger partial charge in [-0.3, -0.25) is 0 Å². The van der Waals surface area contributed by atoms with Crippen LogP contribution < -0.4 is 0 Å². The second kappa shape index (κ2) is 6.65. The second-order valence-corrected chi connectivity index (χ2v) is 8.96. The Morgan fingerprint density at radius 3 is 2.08 bits per heavy atom. The highest BCUT2D eigenvalue weighted by Gasteiger charge is 2.52. The van der Waals surface area contributed by atoms with E-state index in [1.54, 1.807) is 0 Å². The van der Waals surface area contributed by atoms with Crippen LogP contribution in [0.1, 0.15) is 84.3 Å². The van der Waals surface area contributed by atoms with Gasteiger partial charge in [0.25, 0.3) is 0 Å². The molecule has 0 radical (unpaired) electrons. The fourth-order valence-electron chi connectivity index (χ4n) is 5.44. The van der Waals surface area contributed by atoms with Crippen LogP contribution in [0.3, 0.4) is 0 Å². The lowest BCUT2D eigenvalue weighted by molar-refractivity contribution is -0.512. The molecule has 0 spiro atoms. The number of aryl methyl sites for hydroxylation is 2. The lowest BCUT2D eigenvalue weighted by Crippen LogP contribution is -2.33. The minimum atomic E-state index is 0.210. The number of benzene rings is 1. The van der Waals surface area contributed by atoms with Gasteiger partial charge in [-0.1, -0.05) is 51.3 Å². The van der Waals surface area contributed by atoms with E-state index in [1.165, 1.54) is 55.3 Å². The van der Waals surface area contributed by atoms with Crippen molar-refractivity contribution in [1.82, 2.24) is 0 Å². The van der Waals surface area contributed by atoms with Crippen molar-refractivity contribution in [1.29, 1.82) is 0 Å². The molecule has 1 aromatic carbocycles. The van der Waals surface area contributed by atoms with E-state index < -0.39 is 0 Å². The molecule has 1 aromatic rings. The first-order chi connectivity index (χ1) is 11.4. The summed E-state index contributed by atoms with van der Waals surface area (Å²) in [6.07, 6.45) is 13.3. The van der Waals surface area contributed by atoms with Crippen molar-refractivity contribution in [3.05, 3.63) is 29.3 Å². The molecule has 1 fully saturated rings. The number of hydrogen-bond donors (Lipinski definition) is 0. The normalized spacial score (nSPS) is 27.3. The Hall–Kier alpha value is -1.11. The van der Waals surface area contributed by atoms with E-state index in [9.17, 15) is 0 Å². The highest BCUT2D eigenvalue weighted by atomic mass is 15.1. The first kappa shape index (κ1) is 17.7. The SMILES string of the molecule is CCc1cccc(CC)c1[N+]1=C[C@@](C)(C2CCCCC2)CC1(C)C. The summed E-state index contributed by atoms with van der Waals surface area (Å²) in [5.41, 5.74) is 5.09. The van der Waals surface area contributed by atoms with Gasteiger partial charge in [0.2, 0.25) is 5.69 Å². The Morgan fingerprint density at radius 2 is 1.54 bits per heavy atom. The zero-order valence-corrected chi connectivity index (χ0v) is 16.5. The predicted octanol–water partition coefficient (Wildman–Crippen LogP) is 6.30. The van der Waals surface area contributed by atoms with Crippen molar-refractivity contribution in [3.8, 4) is 0 Å². The second-order valence-electron chi connectivity index (χ2n) is 8.96. The van der Waals surface area contributed by atoms with Gasteiger partial charge in [-0.25, -0.2) is 0 Å². The van der Waals surface area contributed by atoms with E-state index >= 15 is 0 Å². The van der Waals surface area contributed by atoms with Crippen molar-refractivity contribution in [2.24, 2.45) is 11.3 Å². The Balaban J connectivity index is 2.07. The van der Waals surface area contributed by atoms with Crippen LogP contribution in [-0.2, 0) is 12.8 Å². The van der Waals surface area contributed by atoms with E-state index in [1.807, 2.05) is 0 Å². The van der Waals surface area contributed by atoms with Crippen LogP contribution in [0.4, 0.5) is 5.69 Å². The van der Waals surface area contributed by atoms with Crippen molar-refractivity contribution in [2.75, 3.05) is 0 Å². The van der Waals surface area contributed by atoms with E-state index in [4.69, 9.17) is 0 Å². The molecule has 1 aliphatic carbocycles. The number of rotatable bonds is 4. The highest BCUT2D eigenvalue weighted by Crippen LogP contribution is 2.49. The Morgan fingerprint density at radius 1 is 0.958 bits per heavy atom. The number of hydrogen-bond acceptors (Lipinski definition) is 0. The minimum Gasteiger partial charge on any atom is -0.197 e. The molecule has 0 unspecified atom stereocenters. The summed E-state index contributed by atoms with van der Waals surface area (Å²) in [4.78, 5) is 0. The molecule has 132 valence electrons. The van der Waals surface area contributed by atoms with Gasteiger partial charge in [0.05, 0.1) is 5.41 Å². The average molecular weight is 327 g/mol. The average Bonchev–Trinajstić information content (AvgIpc) is 2.84. The highest BCUT2D eigenvalue weighted by molar-refractivity contribution is 5.66. The molecule has 1 saturated carbocycles. The van der Waals surface area contributed by atoms with E-state index in [0.29, 0.717) is 5.41 Å². The Kier molecular flexibility index (Phi) is 4.91. The summed E-state index contributed by atoms with van der Waals surface area (Å²) < 4.78 is 2.67. The van der Waals surface area contributed by atoms with Gasteiger partial charge in [-0.15, -0.1) is 0 Å². The third-order valence-corrected chi connectivity index (χ3v) is 6.63. The van der Waals surface area contributed by atoms with Gasteiger partial charge in [0.1, 0.15) is 0 Å². The van der Waals surface area contributed by atoms with Gasteiger partial charge in [-0.2, -0.15) is 4.58 Å². The maximum Gasteiger partial charge on any atom is 0.211 e. The zero-order chi connectivity index (χ0) is 17.4. The molecule has 0 N–H and O–H groups in total. The van der Waals surface area contributed by atoms with E-state index in [-0.39, 0.29) is 5.54 Å². The van der Waals surface area contributed by atoms with E-state index in [0.717, 1.165) is 18.8 Å². The molecular weight excluding hydrogens is 290 g/mol. The third-order valence-electron chi connectivity index (χ3n) is 6.63. The van der Waals surface area contributed by atoms with Crippen molar-refractivity contribution < 1.29 is 4.58 Å². The van der Waals surface area contributed by atoms with Crippen LogP contribution in [0.2, 0.25) is 0 Å². The fourth-order valence-corrected chi connectivity index (χ4v) is 5.44. The third kappa shape index (κ3) is 3.07. The zero-order valence-electron chi connectivity index (χ0n) is 16.5. The van der Waals surface area contributed by atoms with Crippen molar-refractivity contribution >= 4 is 11.9 Å².